The van der Waals surface area contributed by atoms with Gasteiger partial charge in [0.25, 0.3) is 0 Å². The Labute approximate surface area is 155 Å². The number of benzene rings is 1. The zero-order valence-corrected chi connectivity index (χ0v) is 14.8. The summed E-state index contributed by atoms with van der Waals surface area (Å²) in [4.78, 5) is 8.31. The number of pyridine rings is 1. The summed E-state index contributed by atoms with van der Waals surface area (Å²) in [5.41, 5.74) is 6.58. The van der Waals surface area contributed by atoms with Crippen LogP contribution in [0, 0.1) is 0 Å². The summed E-state index contributed by atoms with van der Waals surface area (Å²) in [5.74, 6) is 0.00741. The van der Waals surface area contributed by atoms with Crippen LogP contribution in [-0.4, -0.2) is 23.9 Å². The minimum atomic E-state index is -4.80. The van der Waals surface area contributed by atoms with Crippen molar-refractivity contribution in [1.29, 1.82) is 0 Å². The quantitative estimate of drug-likeness (QED) is 0.408. The fraction of sp³-hybridized carbons (Fsp3) is 0.333. The van der Waals surface area contributed by atoms with Crippen molar-refractivity contribution in [2.24, 2.45) is 10.7 Å². The summed E-state index contributed by atoms with van der Waals surface area (Å²) in [6.07, 6.45) is -1.29. The molecule has 0 radical (unpaired) electrons. The van der Waals surface area contributed by atoms with Gasteiger partial charge in [-0.2, -0.15) is 0 Å². The van der Waals surface area contributed by atoms with E-state index in [-0.39, 0.29) is 18.2 Å². The first kappa shape index (κ1) is 20.3. The number of para-hydroxylation sites is 2. The van der Waals surface area contributed by atoms with E-state index in [2.05, 4.69) is 27.0 Å². The predicted molar refractivity (Wildman–Crippen MR) is 96.7 cm³/mol. The highest BCUT2D eigenvalue weighted by Crippen LogP contribution is 2.29. The van der Waals surface area contributed by atoms with Gasteiger partial charge in [0.2, 0.25) is 5.88 Å². The van der Waals surface area contributed by atoms with Crippen LogP contribution in [0.15, 0.2) is 47.6 Å². The second-order valence-electron chi connectivity index (χ2n) is 5.54. The van der Waals surface area contributed by atoms with E-state index in [4.69, 9.17) is 10.5 Å². The first-order chi connectivity index (χ1) is 12.9. The minimum absolute atomic E-state index is 0.0571. The fourth-order valence-electron chi connectivity index (χ4n) is 2.12. The molecule has 0 saturated carbocycles. The average molecular weight is 382 g/mol. The molecule has 9 heteroatoms. The Hall–Kier alpha value is -2.97. The van der Waals surface area contributed by atoms with Crippen molar-refractivity contribution in [3.8, 4) is 11.6 Å². The number of unbranched alkanes of at least 4 members (excludes halogenated alkanes) is 1. The second kappa shape index (κ2) is 9.65. The number of anilines is 1. The first-order valence-electron chi connectivity index (χ1n) is 8.37. The van der Waals surface area contributed by atoms with E-state index in [0.717, 1.165) is 18.4 Å². The number of rotatable bonds is 8. The number of hydrogen-bond donors (Lipinski definition) is 2. The van der Waals surface area contributed by atoms with Gasteiger partial charge in [0.15, 0.2) is 11.7 Å². The van der Waals surface area contributed by atoms with Crippen molar-refractivity contribution in [2.75, 3.05) is 11.9 Å². The molecule has 1 aromatic carbocycles. The largest absolute Gasteiger partial charge is 0.573 e. The van der Waals surface area contributed by atoms with E-state index in [1.165, 1.54) is 18.2 Å². The number of nitrogens with two attached hydrogens (primary N) is 1. The van der Waals surface area contributed by atoms with Gasteiger partial charge in [0, 0.05) is 11.8 Å². The lowest BCUT2D eigenvalue weighted by molar-refractivity contribution is -0.274. The van der Waals surface area contributed by atoms with Gasteiger partial charge in [0.1, 0.15) is 0 Å². The lowest BCUT2D eigenvalue weighted by atomic mass is 10.2. The van der Waals surface area contributed by atoms with Crippen molar-refractivity contribution in [3.05, 3.63) is 48.2 Å². The molecule has 0 aliphatic carbocycles. The van der Waals surface area contributed by atoms with Gasteiger partial charge in [-0.05, 0) is 24.6 Å². The molecule has 0 atom stereocenters. The van der Waals surface area contributed by atoms with Crippen LogP contribution < -0.4 is 20.5 Å². The molecule has 1 aromatic heterocycles. The molecular weight excluding hydrogens is 361 g/mol. The zero-order valence-electron chi connectivity index (χ0n) is 14.8. The molecule has 0 saturated heterocycles. The fourth-order valence-corrected chi connectivity index (χ4v) is 2.12. The van der Waals surface area contributed by atoms with Crippen LogP contribution in [-0.2, 0) is 6.54 Å². The molecule has 2 rings (SSSR count). The highest BCUT2D eigenvalue weighted by atomic mass is 19.4. The molecule has 2 aromatic rings. The SMILES string of the molecule is CCCCOc1ncccc1CN=C(N)Nc1ccccc1OC(F)(F)F. The molecule has 1 heterocycles. The maximum Gasteiger partial charge on any atom is 0.573 e. The van der Waals surface area contributed by atoms with Gasteiger partial charge in [-0.15, -0.1) is 13.2 Å². The molecule has 3 N–H and O–H groups in total. The van der Waals surface area contributed by atoms with Gasteiger partial charge >= 0.3 is 6.36 Å². The minimum Gasteiger partial charge on any atom is -0.477 e. The summed E-state index contributed by atoms with van der Waals surface area (Å²) in [6, 6.07) is 9.12. The van der Waals surface area contributed by atoms with Crippen molar-refractivity contribution >= 4 is 11.6 Å². The van der Waals surface area contributed by atoms with Crippen LogP contribution >= 0.6 is 0 Å². The molecule has 0 amide bonds. The Balaban J connectivity index is 2.05. The highest BCUT2D eigenvalue weighted by molar-refractivity contribution is 5.93. The standard InChI is InChI=1S/C18H21F3N4O2/c1-2-3-11-26-16-13(7-6-10-23-16)12-24-17(22)25-14-8-4-5-9-15(14)27-18(19,20)21/h4-10H,2-3,11-12H2,1H3,(H3,22,24,25). The van der Waals surface area contributed by atoms with Crippen LogP contribution in [0.1, 0.15) is 25.3 Å². The third kappa shape index (κ3) is 7.04. The molecule has 146 valence electrons. The van der Waals surface area contributed by atoms with E-state index in [0.29, 0.717) is 12.5 Å². The number of aromatic nitrogens is 1. The molecule has 6 nitrogen and oxygen atoms in total. The lowest BCUT2D eigenvalue weighted by Gasteiger charge is -2.14. The summed E-state index contributed by atoms with van der Waals surface area (Å²) in [5, 5.41) is 2.62. The number of halogens is 3. The number of aliphatic imine (C=N–C) groups is 1. The van der Waals surface area contributed by atoms with Gasteiger partial charge in [-0.3, -0.25) is 0 Å². The molecule has 0 unspecified atom stereocenters. The first-order valence-corrected chi connectivity index (χ1v) is 8.37. The van der Waals surface area contributed by atoms with Gasteiger partial charge in [-0.1, -0.05) is 31.5 Å². The number of nitrogens with zero attached hydrogens (tertiary/aromatic N) is 2. The Morgan fingerprint density at radius 3 is 2.74 bits per heavy atom. The number of ether oxygens (including phenoxy) is 2. The van der Waals surface area contributed by atoms with Crippen LogP contribution in [0.3, 0.4) is 0 Å². The maximum atomic E-state index is 12.5. The number of alkyl halides is 3. The Morgan fingerprint density at radius 2 is 2.00 bits per heavy atom. The van der Waals surface area contributed by atoms with Crippen molar-refractivity contribution in [3.63, 3.8) is 0 Å². The Kier molecular flexibility index (Phi) is 7.27. The zero-order chi connectivity index (χ0) is 19.7. The van der Waals surface area contributed by atoms with Crippen LogP contribution in [0.5, 0.6) is 11.6 Å². The van der Waals surface area contributed by atoms with E-state index in [1.807, 2.05) is 0 Å². The maximum absolute atomic E-state index is 12.5. The normalized spacial score (nSPS) is 11.9. The van der Waals surface area contributed by atoms with Gasteiger partial charge in [0.05, 0.1) is 18.8 Å². The molecule has 0 bridgehead atoms. The third-order valence-corrected chi connectivity index (χ3v) is 3.38. The molecule has 0 fully saturated rings. The van der Waals surface area contributed by atoms with Gasteiger partial charge in [-0.25, -0.2) is 9.98 Å². The lowest BCUT2D eigenvalue weighted by Crippen LogP contribution is -2.24. The van der Waals surface area contributed by atoms with E-state index in [1.54, 1.807) is 24.4 Å². The Morgan fingerprint density at radius 1 is 1.22 bits per heavy atom. The van der Waals surface area contributed by atoms with Crippen LogP contribution in [0.25, 0.3) is 0 Å². The molecule has 27 heavy (non-hydrogen) atoms. The van der Waals surface area contributed by atoms with Crippen molar-refractivity contribution in [2.45, 2.75) is 32.7 Å². The number of hydrogen-bond acceptors (Lipinski definition) is 4. The van der Waals surface area contributed by atoms with E-state index < -0.39 is 12.1 Å². The molecular formula is C18H21F3N4O2. The van der Waals surface area contributed by atoms with E-state index >= 15 is 0 Å². The van der Waals surface area contributed by atoms with Crippen molar-refractivity contribution in [1.82, 2.24) is 4.98 Å². The molecule has 0 aliphatic rings. The average Bonchev–Trinajstić information content (AvgIpc) is 2.61. The monoisotopic (exact) mass is 382 g/mol. The summed E-state index contributed by atoms with van der Waals surface area (Å²) >= 11 is 0. The van der Waals surface area contributed by atoms with Gasteiger partial charge < -0.3 is 20.5 Å². The molecule has 0 aliphatic heterocycles. The van der Waals surface area contributed by atoms with Crippen LogP contribution in [0.4, 0.5) is 18.9 Å². The summed E-state index contributed by atoms with van der Waals surface area (Å²) in [6.45, 7) is 2.76. The number of nitrogens with one attached hydrogen (secondary N) is 1. The summed E-state index contributed by atoms with van der Waals surface area (Å²) < 4.78 is 47.0. The topological polar surface area (TPSA) is 81.8 Å². The summed E-state index contributed by atoms with van der Waals surface area (Å²) in [7, 11) is 0. The molecule has 0 spiro atoms. The number of guanidine groups is 1. The second-order valence-corrected chi connectivity index (χ2v) is 5.54. The smallest absolute Gasteiger partial charge is 0.477 e. The van der Waals surface area contributed by atoms with Crippen molar-refractivity contribution < 1.29 is 22.6 Å². The Bertz CT molecular complexity index is 766. The predicted octanol–water partition coefficient (Wildman–Crippen LogP) is 4.09. The highest BCUT2D eigenvalue weighted by Gasteiger charge is 2.32. The van der Waals surface area contributed by atoms with Crippen LogP contribution in [0.2, 0.25) is 0 Å². The third-order valence-electron chi connectivity index (χ3n) is 3.38. The van der Waals surface area contributed by atoms with E-state index in [9.17, 15) is 13.2 Å².